The largest absolute Gasteiger partial charge is 0.495 e. The molecule has 0 aliphatic carbocycles. The summed E-state index contributed by atoms with van der Waals surface area (Å²) in [5.41, 5.74) is 0.782. The number of methoxy groups -OCH3 is 1. The van der Waals surface area contributed by atoms with Gasteiger partial charge in [0.2, 0.25) is 5.95 Å². The van der Waals surface area contributed by atoms with Crippen molar-refractivity contribution in [1.82, 2.24) is 14.9 Å². The number of para-hydroxylation sites is 2. The molecule has 28 heavy (non-hydrogen) atoms. The van der Waals surface area contributed by atoms with Crippen molar-refractivity contribution in [3.8, 4) is 5.75 Å². The van der Waals surface area contributed by atoms with E-state index in [1.54, 1.807) is 24.3 Å². The number of ether oxygens (including phenoxy) is 1. The minimum atomic E-state index is -4.17. The van der Waals surface area contributed by atoms with E-state index in [-0.39, 0.29) is 12.1 Å². The maximum Gasteiger partial charge on any atom is 0.401 e. The van der Waals surface area contributed by atoms with Crippen molar-refractivity contribution in [1.29, 1.82) is 0 Å². The summed E-state index contributed by atoms with van der Waals surface area (Å²) in [6, 6.07) is 9.03. The molecule has 4 rings (SSSR count). The molecule has 9 heteroatoms. The highest BCUT2D eigenvalue weighted by molar-refractivity contribution is 5.64. The Balaban J connectivity index is 1.48. The first kappa shape index (κ1) is 18.8. The quantitative estimate of drug-likeness (QED) is 0.840. The number of nitrogens with zero attached hydrogens (tertiary/aromatic N) is 4. The van der Waals surface area contributed by atoms with Gasteiger partial charge in [-0.3, -0.25) is 4.90 Å². The lowest BCUT2D eigenvalue weighted by Crippen LogP contribution is -2.56. The first-order valence-corrected chi connectivity index (χ1v) is 9.23. The lowest BCUT2D eigenvalue weighted by Gasteiger charge is -2.41. The van der Waals surface area contributed by atoms with Crippen LogP contribution in [0, 0.1) is 0 Å². The van der Waals surface area contributed by atoms with Crippen LogP contribution in [0.25, 0.3) is 0 Å². The molecule has 2 atom stereocenters. The van der Waals surface area contributed by atoms with Crippen molar-refractivity contribution in [3.63, 3.8) is 0 Å². The van der Waals surface area contributed by atoms with Gasteiger partial charge in [0.1, 0.15) is 11.6 Å². The lowest BCUT2D eigenvalue weighted by molar-refractivity contribution is -0.153. The van der Waals surface area contributed by atoms with E-state index in [0.717, 1.165) is 18.5 Å². The van der Waals surface area contributed by atoms with Crippen molar-refractivity contribution in [2.45, 2.75) is 31.1 Å². The van der Waals surface area contributed by atoms with Gasteiger partial charge in [-0.15, -0.1) is 0 Å². The van der Waals surface area contributed by atoms with Crippen LogP contribution in [0.2, 0.25) is 0 Å². The van der Waals surface area contributed by atoms with Crippen LogP contribution in [0.3, 0.4) is 0 Å². The van der Waals surface area contributed by atoms with E-state index >= 15 is 0 Å². The molecule has 2 fully saturated rings. The second-order valence-electron chi connectivity index (χ2n) is 7.14. The molecule has 1 aromatic heterocycles. The number of rotatable bonds is 5. The number of benzene rings is 1. The number of alkyl halides is 3. The second-order valence-corrected chi connectivity index (χ2v) is 7.14. The smallest absolute Gasteiger partial charge is 0.401 e. The van der Waals surface area contributed by atoms with Crippen molar-refractivity contribution >= 4 is 17.5 Å². The molecular formula is C19H22F3N5O. The number of aromatic nitrogens is 2. The summed E-state index contributed by atoms with van der Waals surface area (Å²) in [7, 11) is 1.60. The first-order chi connectivity index (χ1) is 13.4. The van der Waals surface area contributed by atoms with E-state index in [9.17, 15) is 13.2 Å². The van der Waals surface area contributed by atoms with Gasteiger partial charge in [-0.05, 0) is 31.0 Å². The Morgan fingerprint density at radius 2 is 1.86 bits per heavy atom. The van der Waals surface area contributed by atoms with Crippen LogP contribution in [0.5, 0.6) is 5.75 Å². The normalized spacial score (nSPS) is 22.4. The SMILES string of the molecule is COc1ccccc1Nc1ccnc(N2CC3CCC(C2)N3CC(F)(F)F)n1. The number of halogens is 3. The Bertz CT molecular complexity index is 817. The summed E-state index contributed by atoms with van der Waals surface area (Å²) in [5.74, 6) is 1.84. The molecule has 0 amide bonds. The molecule has 1 aromatic carbocycles. The molecule has 2 aliphatic rings. The fourth-order valence-corrected chi connectivity index (χ4v) is 4.08. The van der Waals surface area contributed by atoms with E-state index in [4.69, 9.17) is 4.74 Å². The molecule has 150 valence electrons. The fraction of sp³-hybridized carbons (Fsp3) is 0.474. The van der Waals surface area contributed by atoms with Crippen LogP contribution < -0.4 is 15.0 Å². The zero-order valence-corrected chi connectivity index (χ0v) is 15.5. The standard InChI is InChI=1S/C19H22F3N5O/c1-28-16-5-3-2-4-15(16)24-17-8-9-23-18(25-17)26-10-13-6-7-14(11-26)27(13)12-19(20,21)22/h2-5,8-9,13-14H,6-7,10-12H2,1H3,(H,23,24,25). The summed E-state index contributed by atoms with van der Waals surface area (Å²) in [6.45, 7) is 0.168. The average Bonchev–Trinajstić information content (AvgIpc) is 2.89. The fourth-order valence-electron chi connectivity index (χ4n) is 4.08. The monoisotopic (exact) mass is 393 g/mol. The van der Waals surface area contributed by atoms with Gasteiger partial charge in [0.25, 0.3) is 0 Å². The second kappa shape index (κ2) is 7.46. The van der Waals surface area contributed by atoms with E-state index < -0.39 is 12.7 Å². The summed E-state index contributed by atoms with van der Waals surface area (Å²) in [5, 5.41) is 3.22. The number of anilines is 3. The summed E-state index contributed by atoms with van der Waals surface area (Å²) in [6.07, 6.45) is -0.963. The first-order valence-electron chi connectivity index (χ1n) is 9.23. The molecule has 2 bridgehead atoms. The minimum Gasteiger partial charge on any atom is -0.495 e. The van der Waals surface area contributed by atoms with Crippen molar-refractivity contribution in [2.75, 3.05) is 37.0 Å². The van der Waals surface area contributed by atoms with Crippen molar-refractivity contribution in [3.05, 3.63) is 36.5 Å². The summed E-state index contributed by atoms with van der Waals surface area (Å²) >= 11 is 0. The van der Waals surface area contributed by atoms with Crippen LogP contribution in [-0.2, 0) is 0 Å². The summed E-state index contributed by atoms with van der Waals surface area (Å²) in [4.78, 5) is 12.5. The minimum absolute atomic E-state index is 0.116. The van der Waals surface area contributed by atoms with E-state index in [2.05, 4.69) is 15.3 Å². The molecule has 2 saturated heterocycles. The highest BCUT2D eigenvalue weighted by Gasteiger charge is 2.45. The van der Waals surface area contributed by atoms with Gasteiger partial charge in [0, 0.05) is 31.4 Å². The zero-order chi connectivity index (χ0) is 19.7. The van der Waals surface area contributed by atoms with Crippen LogP contribution in [0.15, 0.2) is 36.5 Å². The number of nitrogens with one attached hydrogen (secondary N) is 1. The van der Waals surface area contributed by atoms with Gasteiger partial charge in [0.05, 0.1) is 19.3 Å². The Morgan fingerprint density at radius 3 is 2.54 bits per heavy atom. The number of hydrogen-bond donors (Lipinski definition) is 1. The van der Waals surface area contributed by atoms with Gasteiger partial charge >= 0.3 is 6.18 Å². The maximum atomic E-state index is 12.9. The molecule has 6 nitrogen and oxygen atoms in total. The van der Waals surface area contributed by atoms with Gasteiger partial charge in [-0.25, -0.2) is 4.98 Å². The molecule has 0 saturated carbocycles. The van der Waals surface area contributed by atoms with Crippen LogP contribution >= 0.6 is 0 Å². The maximum absolute atomic E-state index is 12.9. The van der Waals surface area contributed by atoms with Crippen molar-refractivity contribution < 1.29 is 17.9 Å². The molecule has 2 unspecified atom stereocenters. The highest BCUT2D eigenvalue weighted by atomic mass is 19.4. The molecule has 2 aromatic rings. The predicted molar refractivity (Wildman–Crippen MR) is 100 cm³/mol. The van der Waals surface area contributed by atoms with Gasteiger partial charge in [-0.2, -0.15) is 18.2 Å². The molecule has 0 spiro atoms. The Labute approximate surface area is 161 Å². The third-order valence-corrected chi connectivity index (χ3v) is 5.29. The third kappa shape index (κ3) is 3.99. The van der Waals surface area contributed by atoms with E-state index in [0.29, 0.717) is 30.6 Å². The van der Waals surface area contributed by atoms with Crippen LogP contribution in [0.4, 0.5) is 30.6 Å². The lowest BCUT2D eigenvalue weighted by atomic mass is 10.2. The third-order valence-electron chi connectivity index (χ3n) is 5.29. The van der Waals surface area contributed by atoms with Crippen molar-refractivity contribution in [2.24, 2.45) is 0 Å². The number of hydrogen-bond acceptors (Lipinski definition) is 6. The van der Waals surface area contributed by atoms with E-state index in [1.165, 1.54) is 0 Å². The number of fused-ring (bicyclic) bond motifs is 2. The highest BCUT2D eigenvalue weighted by Crippen LogP contribution is 2.34. The average molecular weight is 393 g/mol. The van der Waals surface area contributed by atoms with E-state index in [1.807, 2.05) is 29.2 Å². The molecule has 0 radical (unpaired) electrons. The Morgan fingerprint density at radius 1 is 1.14 bits per heavy atom. The van der Waals surface area contributed by atoms with Gasteiger partial charge < -0.3 is 15.0 Å². The molecule has 3 heterocycles. The van der Waals surface area contributed by atoms with Crippen LogP contribution in [-0.4, -0.2) is 59.9 Å². The summed E-state index contributed by atoms with van der Waals surface area (Å²) < 4.78 is 43.9. The van der Waals surface area contributed by atoms with Gasteiger partial charge in [-0.1, -0.05) is 12.1 Å². The molecular weight excluding hydrogens is 371 g/mol. The predicted octanol–water partition coefficient (Wildman–Crippen LogP) is 3.44. The Kier molecular flexibility index (Phi) is 5.01. The topological polar surface area (TPSA) is 53.5 Å². The molecule has 1 N–H and O–H groups in total. The van der Waals surface area contributed by atoms with Gasteiger partial charge in [0.15, 0.2) is 0 Å². The zero-order valence-electron chi connectivity index (χ0n) is 15.5. The number of piperazine rings is 1. The van der Waals surface area contributed by atoms with Crippen LogP contribution in [0.1, 0.15) is 12.8 Å². The molecule has 2 aliphatic heterocycles. The Hall–Kier alpha value is -2.55.